The lowest BCUT2D eigenvalue weighted by Crippen LogP contribution is -2.27. The van der Waals surface area contributed by atoms with Gasteiger partial charge in [-0.2, -0.15) is 4.39 Å². The minimum Gasteiger partial charge on any atom is -0.454 e. The standard InChI is InChI=1S/C16H15ClF2N2O3/c1-16(2,3)24-15(22)21-10-4-5-11(14(19)13(10)18)23-9-6-7-20-12(17)8-9/h4-8H,1-3H3,(H,21,22). The molecule has 128 valence electrons. The highest BCUT2D eigenvalue weighted by molar-refractivity contribution is 6.29. The Labute approximate surface area is 142 Å². The Kier molecular flexibility index (Phi) is 5.23. The number of amides is 1. The summed E-state index contributed by atoms with van der Waals surface area (Å²) in [5.74, 6) is -2.68. The molecule has 0 unspecified atom stereocenters. The summed E-state index contributed by atoms with van der Waals surface area (Å²) in [7, 11) is 0. The third kappa shape index (κ3) is 4.79. The van der Waals surface area contributed by atoms with Crippen LogP contribution in [0.25, 0.3) is 0 Å². The number of aromatic nitrogens is 1. The molecule has 1 amide bonds. The van der Waals surface area contributed by atoms with Crippen molar-refractivity contribution in [2.75, 3.05) is 5.32 Å². The summed E-state index contributed by atoms with van der Waals surface area (Å²) >= 11 is 5.70. The molecule has 1 heterocycles. The lowest BCUT2D eigenvalue weighted by atomic mass is 10.2. The quantitative estimate of drug-likeness (QED) is 0.772. The molecule has 24 heavy (non-hydrogen) atoms. The van der Waals surface area contributed by atoms with Crippen LogP contribution in [-0.2, 0) is 4.74 Å². The van der Waals surface area contributed by atoms with E-state index in [9.17, 15) is 13.6 Å². The van der Waals surface area contributed by atoms with Crippen molar-refractivity contribution < 1.29 is 23.0 Å². The second-order valence-electron chi connectivity index (χ2n) is 5.78. The Balaban J connectivity index is 2.18. The summed E-state index contributed by atoms with van der Waals surface area (Å²) in [4.78, 5) is 15.4. The predicted octanol–water partition coefficient (Wildman–Crippen LogP) is 5.15. The topological polar surface area (TPSA) is 60.5 Å². The maximum atomic E-state index is 14.1. The number of ether oxygens (including phenoxy) is 2. The number of nitrogens with one attached hydrogen (secondary N) is 1. The van der Waals surface area contributed by atoms with Gasteiger partial charge in [-0.05, 0) is 39.0 Å². The van der Waals surface area contributed by atoms with Crippen molar-refractivity contribution in [3.8, 4) is 11.5 Å². The molecule has 1 aromatic carbocycles. The minimum absolute atomic E-state index is 0.150. The molecule has 0 bridgehead atoms. The van der Waals surface area contributed by atoms with E-state index in [1.165, 1.54) is 30.5 Å². The number of carbonyl (C=O) groups is 1. The number of hydrogen-bond donors (Lipinski definition) is 1. The summed E-state index contributed by atoms with van der Waals surface area (Å²) < 4.78 is 38.4. The molecule has 0 aliphatic carbocycles. The normalized spacial score (nSPS) is 11.1. The van der Waals surface area contributed by atoms with Crippen molar-refractivity contribution in [1.82, 2.24) is 4.98 Å². The SMILES string of the molecule is CC(C)(C)OC(=O)Nc1ccc(Oc2ccnc(Cl)c2)c(F)c1F. The van der Waals surface area contributed by atoms with Gasteiger partial charge in [-0.15, -0.1) is 0 Å². The third-order valence-electron chi connectivity index (χ3n) is 2.61. The lowest BCUT2D eigenvalue weighted by Gasteiger charge is -2.20. The summed E-state index contributed by atoms with van der Waals surface area (Å²) in [6.45, 7) is 4.96. The molecule has 2 rings (SSSR count). The summed E-state index contributed by atoms with van der Waals surface area (Å²) in [6, 6.07) is 5.14. The van der Waals surface area contributed by atoms with Crippen LogP contribution in [0.1, 0.15) is 20.8 Å². The van der Waals surface area contributed by atoms with Gasteiger partial charge < -0.3 is 9.47 Å². The third-order valence-corrected chi connectivity index (χ3v) is 2.82. The van der Waals surface area contributed by atoms with Crippen LogP contribution >= 0.6 is 11.6 Å². The molecular weight excluding hydrogens is 342 g/mol. The Morgan fingerprint density at radius 2 is 1.92 bits per heavy atom. The van der Waals surface area contributed by atoms with Crippen molar-refractivity contribution in [3.63, 3.8) is 0 Å². The molecule has 1 N–H and O–H groups in total. The molecule has 0 saturated heterocycles. The number of halogens is 3. The van der Waals surface area contributed by atoms with Gasteiger partial charge in [-0.25, -0.2) is 14.2 Å². The zero-order valence-corrected chi connectivity index (χ0v) is 13.9. The second-order valence-corrected chi connectivity index (χ2v) is 6.17. The van der Waals surface area contributed by atoms with E-state index >= 15 is 0 Å². The molecule has 5 nitrogen and oxygen atoms in total. The van der Waals surface area contributed by atoms with Crippen LogP contribution in [0, 0.1) is 11.6 Å². The summed E-state index contributed by atoms with van der Waals surface area (Å²) in [5, 5.41) is 2.29. The molecule has 0 radical (unpaired) electrons. The van der Waals surface area contributed by atoms with Gasteiger partial charge >= 0.3 is 6.09 Å². The first-order valence-electron chi connectivity index (χ1n) is 6.93. The van der Waals surface area contributed by atoms with Crippen LogP contribution in [0.2, 0.25) is 5.15 Å². The van der Waals surface area contributed by atoms with Crippen LogP contribution in [0.15, 0.2) is 30.5 Å². The van der Waals surface area contributed by atoms with Crippen LogP contribution in [0.3, 0.4) is 0 Å². The van der Waals surface area contributed by atoms with Crippen molar-refractivity contribution in [1.29, 1.82) is 0 Å². The van der Waals surface area contributed by atoms with E-state index in [0.717, 1.165) is 0 Å². The summed E-state index contributed by atoms with van der Waals surface area (Å²) in [6.07, 6.45) is 0.472. The Hall–Kier alpha value is -2.41. The Bertz CT molecular complexity index is 763. The molecule has 8 heteroatoms. The number of pyridine rings is 1. The van der Waals surface area contributed by atoms with Gasteiger partial charge in [0.15, 0.2) is 11.6 Å². The predicted molar refractivity (Wildman–Crippen MR) is 85.5 cm³/mol. The van der Waals surface area contributed by atoms with Gasteiger partial charge in [-0.1, -0.05) is 11.6 Å². The van der Waals surface area contributed by atoms with E-state index in [0.29, 0.717) is 0 Å². The highest BCUT2D eigenvalue weighted by Gasteiger charge is 2.20. The number of benzene rings is 1. The van der Waals surface area contributed by atoms with Crippen molar-refractivity contribution in [3.05, 3.63) is 47.2 Å². The first kappa shape index (κ1) is 17.9. The van der Waals surface area contributed by atoms with Gasteiger partial charge in [0, 0.05) is 12.3 Å². The molecule has 0 aliphatic heterocycles. The van der Waals surface area contributed by atoms with Gasteiger partial charge in [-0.3, -0.25) is 5.32 Å². The second kappa shape index (κ2) is 7.00. The average molecular weight is 357 g/mol. The van der Waals surface area contributed by atoms with E-state index in [-0.39, 0.29) is 22.3 Å². The van der Waals surface area contributed by atoms with Gasteiger partial charge in [0.25, 0.3) is 0 Å². The summed E-state index contributed by atoms with van der Waals surface area (Å²) in [5.41, 5.74) is -1.12. The molecule has 0 fully saturated rings. The Morgan fingerprint density at radius 3 is 2.54 bits per heavy atom. The highest BCUT2D eigenvalue weighted by atomic mass is 35.5. The number of anilines is 1. The van der Waals surface area contributed by atoms with Gasteiger partial charge in [0.2, 0.25) is 5.82 Å². The largest absolute Gasteiger partial charge is 0.454 e. The molecule has 1 aromatic heterocycles. The Morgan fingerprint density at radius 1 is 1.21 bits per heavy atom. The van der Waals surface area contributed by atoms with E-state index in [1.54, 1.807) is 20.8 Å². The number of carbonyl (C=O) groups excluding carboxylic acids is 1. The van der Waals surface area contributed by atoms with E-state index in [1.807, 2.05) is 0 Å². The number of nitrogens with zero attached hydrogens (tertiary/aromatic N) is 1. The smallest absolute Gasteiger partial charge is 0.412 e. The molecule has 0 saturated carbocycles. The van der Waals surface area contributed by atoms with Gasteiger partial charge in [0.1, 0.15) is 16.5 Å². The first-order valence-corrected chi connectivity index (χ1v) is 7.31. The first-order chi connectivity index (χ1) is 11.2. The molecule has 0 atom stereocenters. The molecular formula is C16H15ClF2N2O3. The van der Waals surface area contributed by atoms with Crippen LogP contribution in [0.4, 0.5) is 19.3 Å². The maximum absolute atomic E-state index is 14.1. The molecule has 0 aliphatic rings. The van der Waals surface area contributed by atoms with Crippen LogP contribution < -0.4 is 10.1 Å². The number of hydrogen-bond acceptors (Lipinski definition) is 4. The van der Waals surface area contributed by atoms with Crippen LogP contribution in [-0.4, -0.2) is 16.7 Å². The van der Waals surface area contributed by atoms with E-state index in [4.69, 9.17) is 21.1 Å². The zero-order chi connectivity index (χ0) is 17.9. The van der Waals surface area contributed by atoms with E-state index < -0.39 is 23.3 Å². The van der Waals surface area contributed by atoms with Crippen LogP contribution in [0.5, 0.6) is 11.5 Å². The zero-order valence-electron chi connectivity index (χ0n) is 13.2. The van der Waals surface area contributed by atoms with Crippen molar-refractivity contribution in [2.24, 2.45) is 0 Å². The highest BCUT2D eigenvalue weighted by Crippen LogP contribution is 2.30. The maximum Gasteiger partial charge on any atom is 0.412 e. The molecule has 0 spiro atoms. The monoisotopic (exact) mass is 356 g/mol. The fourth-order valence-corrected chi connectivity index (χ4v) is 1.86. The average Bonchev–Trinajstić information content (AvgIpc) is 2.45. The van der Waals surface area contributed by atoms with Crippen molar-refractivity contribution in [2.45, 2.75) is 26.4 Å². The minimum atomic E-state index is -1.27. The van der Waals surface area contributed by atoms with E-state index in [2.05, 4.69) is 10.3 Å². The van der Waals surface area contributed by atoms with Gasteiger partial charge in [0.05, 0.1) is 5.69 Å². The van der Waals surface area contributed by atoms with Crippen molar-refractivity contribution >= 4 is 23.4 Å². The molecule has 2 aromatic rings. The number of rotatable bonds is 3. The fraction of sp³-hybridized carbons (Fsp3) is 0.250. The fourth-order valence-electron chi connectivity index (χ4n) is 1.70. The lowest BCUT2D eigenvalue weighted by molar-refractivity contribution is 0.0635.